The Morgan fingerprint density at radius 2 is 2.25 bits per heavy atom. The predicted molar refractivity (Wildman–Crippen MR) is 88.8 cm³/mol. The quantitative estimate of drug-likeness (QED) is 0.417. The highest BCUT2D eigenvalue weighted by Crippen LogP contribution is 2.34. The van der Waals surface area contributed by atoms with Crippen LogP contribution in [0.25, 0.3) is 0 Å². The highest BCUT2D eigenvalue weighted by Gasteiger charge is 2.19. The van der Waals surface area contributed by atoms with Crippen LogP contribution >= 0.6 is 11.8 Å². The monoisotopic (exact) mass is 350 g/mol. The molecule has 2 rings (SSSR count). The zero-order valence-corrected chi connectivity index (χ0v) is 14.0. The van der Waals surface area contributed by atoms with Crippen molar-refractivity contribution in [3.05, 3.63) is 40.2 Å². The molecule has 0 aliphatic heterocycles. The number of unbranched alkanes of at least 4 members (excludes halogenated alkanes) is 1. The Bertz CT molecular complexity index is 733. The van der Waals surface area contributed by atoms with Crippen LogP contribution in [0.2, 0.25) is 0 Å². The number of nitro groups is 1. The summed E-state index contributed by atoms with van der Waals surface area (Å²) in [5, 5.41) is 22.2. The Kier molecular flexibility index (Phi) is 6.27. The van der Waals surface area contributed by atoms with Crippen LogP contribution in [0, 0.1) is 10.1 Å². The molecule has 1 heterocycles. The molecule has 0 atom stereocenters. The van der Waals surface area contributed by atoms with Crippen molar-refractivity contribution in [2.24, 2.45) is 12.8 Å². The molecule has 0 unspecified atom stereocenters. The average molecular weight is 350 g/mol. The van der Waals surface area contributed by atoms with Gasteiger partial charge in [-0.1, -0.05) is 0 Å². The van der Waals surface area contributed by atoms with E-state index in [9.17, 15) is 14.9 Å². The molecule has 24 heavy (non-hydrogen) atoms. The fraction of sp³-hybridized carbons (Fsp3) is 0.357. The van der Waals surface area contributed by atoms with Gasteiger partial charge in [-0.15, -0.1) is 10.2 Å². The van der Waals surface area contributed by atoms with E-state index in [4.69, 9.17) is 5.73 Å². The highest BCUT2D eigenvalue weighted by atomic mass is 32.2. The Morgan fingerprint density at radius 1 is 1.46 bits per heavy atom. The zero-order valence-electron chi connectivity index (χ0n) is 13.1. The fourth-order valence-corrected chi connectivity index (χ4v) is 2.77. The number of benzene rings is 1. The maximum Gasteiger partial charge on any atom is 0.284 e. The van der Waals surface area contributed by atoms with Gasteiger partial charge in [-0.25, -0.2) is 0 Å². The SMILES string of the molecule is Cn1cnnc1Sc1ccc(C(=O)NCCCCN)cc1[N+](=O)[O-]. The third-order valence-corrected chi connectivity index (χ3v) is 4.32. The molecule has 10 heteroatoms. The number of hydrogen-bond donors (Lipinski definition) is 2. The first-order valence-corrected chi connectivity index (χ1v) is 8.13. The zero-order chi connectivity index (χ0) is 17.5. The molecule has 0 saturated carbocycles. The van der Waals surface area contributed by atoms with Crippen LogP contribution in [0.5, 0.6) is 0 Å². The minimum absolute atomic E-state index is 0.141. The molecule has 1 aromatic carbocycles. The Balaban J connectivity index is 2.15. The van der Waals surface area contributed by atoms with E-state index < -0.39 is 4.92 Å². The molecule has 9 nitrogen and oxygen atoms in total. The first-order valence-electron chi connectivity index (χ1n) is 7.31. The van der Waals surface area contributed by atoms with Gasteiger partial charge in [0.05, 0.1) is 9.82 Å². The summed E-state index contributed by atoms with van der Waals surface area (Å²) < 4.78 is 1.66. The van der Waals surface area contributed by atoms with Crippen molar-refractivity contribution in [3.63, 3.8) is 0 Å². The van der Waals surface area contributed by atoms with Gasteiger partial charge < -0.3 is 15.6 Å². The van der Waals surface area contributed by atoms with Gasteiger partial charge >= 0.3 is 0 Å². The van der Waals surface area contributed by atoms with E-state index in [1.807, 2.05) is 0 Å². The molecule has 0 saturated heterocycles. The summed E-state index contributed by atoms with van der Waals surface area (Å²) >= 11 is 1.12. The van der Waals surface area contributed by atoms with Gasteiger partial charge in [0, 0.05) is 25.2 Å². The lowest BCUT2D eigenvalue weighted by Gasteiger charge is -2.07. The van der Waals surface area contributed by atoms with Gasteiger partial charge in [0.2, 0.25) is 0 Å². The van der Waals surface area contributed by atoms with Crippen molar-refractivity contribution >= 4 is 23.4 Å². The summed E-state index contributed by atoms with van der Waals surface area (Å²) in [6.07, 6.45) is 3.09. The molecule has 1 aromatic heterocycles. The van der Waals surface area contributed by atoms with E-state index in [-0.39, 0.29) is 17.2 Å². The molecule has 0 fully saturated rings. The third-order valence-electron chi connectivity index (χ3n) is 3.21. The molecular weight excluding hydrogens is 332 g/mol. The highest BCUT2D eigenvalue weighted by molar-refractivity contribution is 7.99. The number of aromatic nitrogens is 3. The molecule has 0 aliphatic carbocycles. The Labute approximate surface area is 142 Å². The normalized spacial score (nSPS) is 10.6. The van der Waals surface area contributed by atoms with Crippen molar-refractivity contribution in [2.45, 2.75) is 22.9 Å². The molecule has 0 bridgehead atoms. The van der Waals surface area contributed by atoms with E-state index in [0.29, 0.717) is 23.1 Å². The minimum Gasteiger partial charge on any atom is -0.352 e. The topological polar surface area (TPSA) is 129 Å². The van der Waals surface area contributed by atoms with E-state index in [0.717, 1.165) is 24.6 Å². The van der Waals surface area contributed by atoms with Crippen molar-refractivity contribution in [1.82, 2.24) is 20.1 Å². The number of nitrogens with one attached hydrogen (secondary N) is 1. The van der Waals surface area contributed by atoms with Gasteiger partial charge in [-0.05, 0) is 43.3 Å². The molecule has 0 spiro atoms. The summed E-state index contributed by atoms with van der Waals surface area (Å²) in [4.78, 5) is 23.3. The van der Waals surface area contributed by atoms with Crippen molar-refractivity contribution in [3.8, 4) is 0 Å². The van der Waals surface area contributed by atoms with Crippen LogP contribution in [0.15, 0.2) is 34.6 Å². The third kappa shape index (κ3) is 4.52. The van der Waals surface area contributed by atoms with Crippen LogP contribution < -0.4 is 11.1 Å². The van der Waals surface area contributed by atoms with Crippen LogP contribution in [0.4, 0.5) is 5.69 Å². The Morgan fingerprint density at radius 3 is 2.88 bits per heavy atom. The summed E-state index contributed by atoms with van der Waals surface area (Å²) in [5.74, 6) is -0.342. The van der Waals surface area contributed by atoms with Crippen LogP contribution in [0.3, 0.4) is 0 Å². The molecule has 0 aliphatic rings. The van der Waals surface area contributed by atoms with Gasteiger partial charge in [-0.2, -0.15) is 0 Å². The molecule has 2 aromatic rings. The standard InChI is InChI=1S/C14H18N6O3S/c1-19-9-17-18-14(19)24-12-5-4-10(8-11(12)20(22)23)13(21)16-7-3-2-6-15/h4-5,8-9H,2-3,6-7,15H2,1H3,(H,16,21). The lowest BCUT2D eigenvalue weighted by atomic mass is 10.2. The first kappa shape index (κ1) is 17.9. The molecular formula is C14H18N6O3S. The van der Waals surface area contributed by atoms with Crippen molar-refractivity contribution in [2.75, 3.05) is 13.1 Å². The number of nitrogens with zero attached hydrogens (tertiary/aromatic N) is 4. The maximum atomic E-state index is 12.1. The summed E-state index contributed by atoms with van der Waals surface area (Å²) in [6, 6.07) is 4.38. The summed E-state index contributed by atoms with van der Waals surface area (Å²) in [6.45, 7) is 1.05. The van der Waals surface area contributed by atoms with Crippen LogP contribution in [-0.2, 0) is 7.05 Å². The average Bonchev–Trinajstić information content (AvgIpc) is 2.96. The number of carbonyl (C=O) groups is 1. The van der Waals surface area contributed by atoms with Crippen molar-refractivity contribution < 1.29 is 9.72 Å². The number of nitro benzene ring substituents is 1. The second kappa shape index (κ2) is 8.41. The number of amides is 1. The molecule has 1 amide bonds. The minimum atomic E-state index is -0.510. The van der Waals surface area contributed by atoms with E-state index >= 15 is 0 Å². The molecule has 128 valence electrons. The number of aryl methyl sites for hydroxylation is 1. The second-order valence-electron chi connectivity index (χ2n) is 5.02. The molecule has 3 N–H and O–H groups in total. The second-order valence-corrected chi connectivity index (χ2v) is 6.03. The smallest absolute Gasteiger partial charge is 0.284 e. The lowest BCUT2D eigenvalue weighted by molar-refractivity contribution is -0.387. The lowest BCUT2D eigenvalue weighted by Crippen LogP contribution is -2.24. The van der Waals surface area contributed by atoms with Crippen molar-refractivity contribution in [1.29, 1.82) is 0 Å². The van der Waals surface area contributed by atoms with E-state index in [1.165, 1.54) is 12.4 Å². The molecule has 0 radical (unpaired) electrons. The summed E-state index contributed by atoms with van der Waals surface area (Å²) in [7, 11) is 1.75. The largest absolute Gasteiger partial charge is 0.352 e. The van der Waals surface area contributed by atoms with Crippen LogP contribution in [0.1, 0.15) is 23.2 Å². The van der Waals surface area contributed by atoms with Crippen LogP contribution in [-0.4, -0.2) is 38.7 Å². The first-order chi connectivity index (χ1) is 11.5. The number of hydrogen-bond acceptors (Lipinski definition) is 7. The van der Waals surface area contributed by atoms with Gasteiger partial charge in [0.25, 0.3) is 11.6 Å². The predicted octanol–water partition coefficient (Wildman–Crippen LogP) is 1.34. The number of carbonyl (C=O) groups excluding carboxylic acids is 1. The maximum absolute atomic E-state index is 12.1. The van der Waals surface area contributed by atoms with Gasteiger partial charge in [0.15, 0.2) is 5.16 Å². The van der Waals surface area contributed by atoms with E-state index in [1.54, 1.807) is 23.7 Å². The number of rotatable bonds is 8. The summed E-state index contributed by atoms with van der Waals surface area (Å²) in [5.41, 5.74) is 5.50. The Hall–Kier alpha value is -2.46. The van der Waals surface area contributed by atoms with E-state index in [2.05, 4.69) is 15.5 Å². The number of nitrogens with two attached hydrogens (primary N) is 1. The van der Waals surface area contributed by atoms with Gasteiger partial charge in [0.1, 0.15) is 6.33 Å². The fourth-order valence-electron chi connectivity index (χ4n) is 1.92. The van der Waals surface area contributed by atoms with Gasteiger partial charge in [-0.3, -0.25) is 14.9 Å².